The van der Waals surface area contributed by atoms with Crippen molar-refractivity contribution >= 4 is 15.7 Å². The maximum absolute atomic E-state index is 13.7. The number of sulfonamides is 1. The average Bonchev–Trinajstić information content (AvgIpc) is 3.22. The van der Waals surface area contributed by atoms with E-state index in [4.69, 9.17) is 4.74 Å². The highest BCUT2D eigenvalue weighted by atomic mass is 32.2. The third-order valence-corrected chi connectivity index (χ3v) is 6.53. The van der Waals surface area contributed by atoms with Crippen LogP contribution in [0.3, 0.4) is 0 Å². The lowest BCUT2D eigenvalue weighted by molar-refractivity contribution is 0.385. The molecule has 6 nitrogen and oxygen atoms in total. The van der Waals surface area contributed by atoms with Crippen molar-refractivity contribution in [1.29, 1.82) is 0 Å². The van der Waals surface area contributed by atoms with Gasteiger partial charge < -0.3 is 9.30 Å². The standard InChI is InChI=1S/C19H18FN3O3S/c1-26-19-11-16(6-7-17(19)20)27(24,25)23-12-15(22-9-8-21-13-22)10-14-4-2-3-5-18(14)23/h2-9,11,13,15H,10,12H2,1H3. The van der Waals surface area contributed by atoms with Crippen LogP contribution in [0.2, 0.25) is 0 Å². The molecule has 0 radical (unpaired) electrons. The Bertz CT molecular complexity index is 1070. The molecule has 0 spiro atoms. The fourth-order valence-electron chi connectivity index (χ4n) is 3.38. The molecule has 140 valence electrons. The second kappa shape index (κ2) is 6.70. The fraction of sp³-hybridized carbons (Fsp3) is 0.211. The summed E-state index contributed by atoms with van der Waals surface area (Å²) in [6, 6.07) is 10.9. The summed E-state index contributed by atoms with van der Waals surface area (Å²) in [6.07, 6.45) is 5.88. The summed E-state index contributed by atoms with van der Waals surface area (Å²) in [4.78, 5) is 4.06. The molecular weight excluding hydrogens is 369 g/mol. The number of aromatic nitrogens is 2. The second-order valence-electron chi connectivity index (χ2n) is 6.33. The number of benzene rings is 2. The van der Waals surface area contributed by atoms with Crippen LogP contribution in [0.5, 0.6) is 5.75 Å². The molecule has 1 unspecified atom stereocenters. The normalized spacial score (nSPS) is 16.8. The van der Waals surface area contributed by atoms with Crippen LogP contribution < -0.4 is 9.04 Å². The zero-order valence-corrected chi connectivity index (χ0v) is 15.4. The van der Waals surface area contributed by atoms with Crippen LogP contribution in [-0.2, 0) is 16.4 Å². The Hall–Kier alpha value is -2.87. The number of methoxy groups -OCH3 is 1. The average molecular weight is 387 g/mol. The molecule has 2 aromatic carbocycles. The third kappa shape index (κ3) is 3.06. The van der Waals surface area contributed by atoms with Gasteiger partial charge in [-0.2, -0.15) is 0 Å². The fourth-order valence-corrected chi connectivity index (χ4v) is 4.93. The molecule has 0 fully saturated rings. The third-order valence-electron chi connectivity index (χ3n) is 4.75. The summed E-state index contributed by atoms with van der Waals surface area (Å²) in [5.41, 5.74) is 1.57. The van der Waals surface area contributed by atoms with E-state index in [0.29, 0.717) is 12.1 Å². The Morgan fingerprint density at radius 1 is 1.22 bits per heavy atom. The van der Waals surface area contributed by atoms with Crippen LogP contribution >= 0.6 is 0 Å². The van der Waals surface area contributed by atoms with Gasteiger partial charge in [-0.05, 0) is 30.2 Å². The molecule has 2 heterocycles. The first kappa shape index (κ1) is 17.5. The molecule has 8 heteroatoms. The van der Waals surface area contributed by atoms with Crippen LogP contribution in [0, 0.1) is 5.82 Å². The molecule has 1 aliphatic rings. The molecule has 1 atom stereocenters. The first-order chi connectivity index (χ1) is 13.0. The van der Waals surface area contributed by atoms with E-state index in [-0.39, 0.29) is 23.2 Å². The van der Waals surface area contributed by atoms with Gasteiger partial charge >= 0.3 is 0 Å². The van der Waals surface area contributed by atoms with Crippen LogP contribution in [0.15, 0.2) is 66.1 Å². The van der Waals surface area contributed by atoms with Crippen LogP contribution in [0.25, 0.3) is 0 Å². The van der Waals surface area contributed by atoms with Gasteiger partial charge in [0.15, 0.2) is 11.6 Å². The first-order valence-corrected chi connectivity index (χ1v) is 9.86. The van der Waals surface area contributed by atoms with Crippen molar-refractivity contribution in [2.45, 2.75) is 17.4 Å². The summed E-state index contributed by atoms with van der Waals surface area (Å²) in [7, 11) is -2.59. The second-order valence-corrected chi connectivity index (χ2v) is 8.19. The van der Waals surface area contributed by atoms with Gasteiger partial charge in [-0.3, -0.25) is 4.31 Å². The van der Waals surface area contributed by atoms with Crippen molar-refractivity contribution in [2.24, 2.45) is 0 Å². The number of hydrogen-bond acceptors (Lipinski definition) is 4. The Balaban J connectivity index is 1.81. The lowest BCUT2D eigenvalue weighted by atomic mass is 10.00. The van der Waals surface area contributed by atoms with Crippen molar-refractivity contribution in [1.82, 2.24) is 9.55 Å². The van der Waals surface area contributed by atoms with Crippen LogP contribution in [0.1, 0.15) is 11.6 Å². The Morgan fingerprint density at radius 2 is 2.04 bits per heavy atom. The summed E-state index contributed by atoms with van der Waals surface area (Å²) < 4.78 is 48.7. The van der Waals surface area contributed by atoms with E-state index in [1.165, 1.54) is 23.5 Å². The Labute approximate surface area is 156 Å². The van der Waals surface area contributed by atoms with Gasteiger partial charge in [0.25, 0.3) is 10.0 Å². The van der Waals surface area contributed by atoms with Gasteiger partial charge in [0, 0.05) is 18.5 Å². The Kier molecular flexibility index (Phi) is 4.35. The van der Waals surface area contributed by atoms with Crippen molar-refractivity contribution in [2.75, 3.05) is 18.0 Å². The maximum atomic E-state index is 13.7. The number of hydrogen-bond donors (Lipinski definition) is 0. The van der Waals surface area contributed by atoms with Gasteiger partial charge in [0.05, 0.1) is 36.6 Å². The van der Waals surface area contributed by atoms with Crippen molar-refractivity contribution in [3.05, 3.63) is 72.6 Å². The summed E-state index contributed by atoms with van der Waals surface area (Å²) in [5, 5.41) is 0. The number of para-hydroxylation sites is 1. The zero-order valence-electron chi connectivity index (χ0n) is 14.6. The van der Waals surface area contributed by atoms with E-state index >= 15 is 0 Å². The van der Waals surface area contributed by atoms with Gasteiger partial charge in [-0.15, -0.1) is 0 Å². The largest absolute Gasteiger partial charge is 0.494 e. The predicted molar refractivity (Wildman–Crippen MR) is 98.9 cm³/mol. The number of imidazole rings is 1. The molecular formula is C19H18FN3O3S. The number of anilines is 1. The molecule has 0 saturated carbocycles. The summed E-state index contributed by atoms with van der Waals surface area (Å²) in [5.74, 6) is -0.709. The van der Waals surface area contributed by atoms with Crippen molar-refractivity contribution in [3.63, 3.8) is 0 Å². The smallest absolute Gasteiger partial charge is 0.264 e. The minimum Gasteiger partial charge on any atom is -0.494 e. The SMILES string of the molecule is COc1cc(S(=O)(=O)N2CC(n3ccnc3)Cc3ccccc32)ccc1F. The van der Waals surface area contributed by atoms with E-state index in [2.05, 4.69) is 4.98 Å². The van der Waals surface area contributed by atoms with Gasteiger partial charge in [0.2, 0.25) is 0 Å². The highest BCUT2D eigenvalue weighted by molar-refractivity contribution is 7.92. The molecule has 0 bridgehead atoms. The first-order valence-electron chi connectivity index (χ1n) is 8.42. The monoisotopic (exact) mass is 387 g/mol. The Morgan fingerprint density at radius 3 is 2.78 bits per heavy atom. The van der Waals surface area contributed by atoms with Crippen LogP contribution in [-0.4, -0.2) is 31.6 Å². The molecule has 1 aliphatic heterocycles. The van der Waals surface area contributed by atoms with Gasteiger partial charge in [0.1, 0.15) is 0 Å². The van der Waals surface area contributed by atoms with Gasteiger partial charge in [-0.25, -0.2) is 17.8 Å². The quantitative estimate of drug-likeness (QED) is 0.690. The molecule has 0 N–H and O–H groups in total. The molecule has 4 rings (SSSR count). The number of nitrogens with zero attached hydrogens (tertiary/aromatic N) is 3. The van der Waals surface area contributed by atoms with Crippen molar-refractivity contribution < 1.29 is 17.5 Å². The highest BCUT2D eigenvalue weighted by Gasteiger charge is 2.34. The van der Waals surface area contributed by atoms with E-state index in [1.54, 1.807) is 18.6 Å². The molecule has 0 amide bonds. The van der Waals surface area contributed by atoms with Gasteiger partial charge in [-0.1, -0.05) is 18.2 Å². The molecule has 0 saturated heterocycles. The minimum atomic E-state index is -3.90. The number of ether oxygens (including phenoxy) is 1. The topological polar surface area (TPSA) is 64.4 Å². The number of rotatable bonds is 4. The summed E-state index contributed by atoms with van der Waals surface area (Å²) in [6.45, 7) is 0.259. The highest BCUT2D eigenvalue weighted by Crippen LogP contribution is 2.36. The van der Waals surface area contributed by atoms with Crippen molar-refractivity contribution in [3.8, 4) is 5.75 Å². The number of fused-ring (bicyclic) bond motifs is 1. The number of halogens is 1. The molecule has 27 heavy (non-hydrogen) atoms. The maximum Gasteiger partial charge on any atom is 0.264 e. The lowest BCUT2D eigenvalue weighted by Gasteiger charge is -2.35. The minimum absolute atomic E-state index is 0.0122. The van der Waals surface area contributed by atoms with E-state index in [1.807, 2.05) is 29.0 Å². The van der Waals surface area contributed by atoms with E-state index in [0.717, 1.165) is 11.6 Å². The molecule has 0 aliphatic carbocycles. The lowest BCUT2D eigenvalue weighted by Crippen LogP contribution is -2.40. The zero-order chi connectivity index (χ0) is 19.0. The molecule has 3 aromatic rings. The predicted octanol–water partition coefficient (Wildman–Crippen LogP) is 3.02. The van der Waals surface area contributed by atoms with E-state index < -0.39 is 15.8 Å². The summed E-state index contributed by atoms with van der Waals surface area (Å²) >= 11 is 0. The molecule has 1 aromatic heterocycles. The van der Waals surface area contributed by atoms with Crippen LogP contribution in [0.4, 0.5) is 10.1 Å². The van der Waals surface area contributed by atoms with E-state index in [9.17, 15) is 12.8 Å².